The molecule has 16 heteroatoms. The van der Waals surface area contributed by atoms with Crippen LogP contribution in [0.3, 0.4) is 0 Å². The monoisotopic (exact) mass is 690 g/mol. The molecule has 0 saturated heterocycles. The largest absolute Gasteiger partial charge is 0.425 e. The van der Waals surface area contributed by atoms with Crippen molar-refractivity contribution in [2.24, 2.45) is 0 Å². The Morgan fingerprint density at radius 3 is 2.06 bits per heavy atom. The number of benzene rings is 2. The number of carbonyl (C=O) groups is 2. The lowest BCUT2D eigenvalue weighted by atomic mass is 10.1. The van der Waals surface area contributed by atoms with Gasteiger partial charge < -0.3 is 29.2 Å². The lowest BCUT2D eigenvalue weighted by Gasteiger charge is -2.18. The number of carbonyl (C=O) groups excluding carboxylic acids is 2. The maximum absolute atomic E-state index is 12.6. The average molecular weight is 691 g/mol. The summed E-state index contributed by atoms with van der Waals surface area (Å²) in [6.45, 7) is 1.02. The van der Waals surface area contributed by atoms with Gasteiger partial charge in [-0.05, 0) is 74.9 Å². The fraction of sp³-hybridized carbons (Fsp3) is 0.419. The number of sulfonamides is 2. The summed E-state index contributed by atoms with van der Waals surface area (Å²) < 4.78 is 60.9. The average Bonchev–Trinajstić information content (AvgIpc) is 3.57. The first-order chi connectivity index (χ1) is 22.0. The summed E-state index contributed by atoms with van der Waals surface area (Å²) in [6.07, 6.45) is 7.08. The molecular weight excluding hydrogens is 649 g/mol. The van der Waals surface area contributed by atoms with Crippen molar-refractivity contribution in [3.63, 3.8) is 0 Å². The zero-order valence-electron chi connectivity index (χ0n) is 27.4. The predicted molar refractivity (Wildman–Crippen MR) is 180 cm³/mol. The van der Waals surface area contributed by atoms with Crippen LogP contribution in [-0.4, -0.2) is 120 Å². The lowest BCUT2D eigenvalue weighted by molar-refractivity contribution is -0.134. The van der Waals surface area contributed by atoms with E-state index in [1.165, 1.54) is 7.05 Å². The molecule has 0 spiro atoms. The number of hydrogen-bond donors (Lipinski definition) is 3. The van der Waals surface area contributed by atoms with Gasteiger partial charge in [-0.1, -0.05) is 6.07 Å². The number of fused-ring (bicyclic) bond motifs is 2. The van der Waals surface area contributed by atoms with Crippen LogP contribution >= 0.6 is 0 Å². The van der Waals surface area contributed by atoms with Gasteiger partial charge in [0.25, 0.3) is 0 Å². The number of esters is 2. The van der Waals surface area contributed by atoms with Crippen molar-refractivity contribution >= 4 is 53.8 Å². The van der Waals surface area contributed by atoms with Crippen molar-refractivity contribution in [2.45, 2.75) is 19.4 Å². The molecule has 0 aliphatic rings. The molecule has 2 aromatic carbocycles. The van der Waals surface area contributed by atoms with Gasteiger partial charge in [-0.15, -0.1) is 0 Å². The highest BCUT2D eigenvalue weighted by Crippen LogP contribution is 2.32. The molecule has 0 aliphatic heterocycles. The van der Waals surface area contributed by atoms with E-state index in [2.05, 4.69) is 24.5 Å². The number of likely N-dealkylation sites (N-methyl/N-ethyl adjacent to an activating group) is 3. The Morgan fingerprint density at radius 1 is 0.809 bits per heavy atom. The summed E-state index contributed by atoms with van der Waals surface area (Å²) in [5.74, 6) is -0.720. The maximum Gasteiger partial charge on any atom is 0.326 e. The molecule has 4 rings (SSSR count). The first kappa shape index (κ1) is 36.0. The third kappa shape index (κ3) is 10.1. The number of aromatic nitrogens is 2. The molecule has 3 N–H and O–H groups in total. The van der Waals surface area contributed by atoms with Gasteiger partial charge in [0.05, 0.1) is 12.5 Å². The van der Waals surface area contributed by atoms with Crippen LogP contribution in [0.1, 0.15) is 16.7 Å². The molecule has 0 aliphatic carbocycles. The minimum absolute atomic E-state index is 0.340. The zero-order chi connectivity index (χ0) is 34.5. The van der Waals surface area contributed by atoms with Crippen molar-refractivity contribution in [1.29, 1.82) is 0 Å². The summed E-state index contributed by atoms with van der Waals surface area (Å²) in [6, 6.07) is 9.11. The van der Waals surface area contributed by atoms with Crippen LogP contribution in [0.15, 0.2) is 42.7 Å². The normalized spacial score (nSPS) is 12.5. The molecule has 0 bridgehead atoms. The maximum atomic E-state index is 12.6. The molecule has 47 heavy (non-hydrogen) atoms. The van der Waals surface area contributed by atoms with E-state index in [4.69, 9.17) is 9.47 Å². The van der Waals surface area contributed by atoms with Gasteiger partial charge in [-0.3, -0.25) is 9.59 Å². The summed E-state index contributed by atoms with van der Waals surface area (Å²) in [5.41, 5.74) is 4.36. The Balaban J connectivity index is 1.50. The number of aromatic amines is 2. The first-order valence-corrected chi connectivity index (χ1v) is 18.6. The van der Waals surface area contributed by atoms with Crippen molar-refractivity contribution in [3.05, 3.63) is 59.4 Å². The highest BCUT2D eigenvalue weighted by molar-refractivity contribution is 7.88. The molecule has 0 amide bonds. The van der Waals surface area contributed by atoms with Crippen LogP contribution < -0.4 is 14.2 Å². The van der Waals surface area contributed by atoms with E-state index in [0.29, 0.717) is 37.4 Å². The molecule has 256 valence electrons. The van der Waals surface area contributed by atoms with E-state index < -0.39 is 45.1 Å². The van der Waals surface area contributed by atoms with Crippen molar-refractivity contribution in [1.82, 2.24) is 28.8 Å². The molecule has 14 nitrogen and oxygen atoms in total. The fourth-order valence-electron chi connectivity index (χ4n) is 5.07. The minimum atomic E-state index is -3.57. The number of H-pyrrole nitrogens is 2. The van der Waals surface area contributed by atoms with Gasteiger partial charge in [0, 0.05) is 60.9 Å². The number of nitrogens with zero attached hydrogens (tertiary/aromatic N) is 3. The Labute approximate surface area is 275 Å². The quantitative estimate of drug-likeness (QED) is 0.116. The molecule has 0 radical (unpaired) electrons. The highest BCUT2D eigenvalue weighted by Gasteiger charge is 2.20. The Kier molecular flexibility index (Phi) is 11.5. The molecule has 0 atom stereocenters. The number of hydrogen-bond acceptors (Lipinski definition) is 10. The fourth-order valence-corrected chi connectivity index (χ4v) is 5.79. The lowest BCUT2D eigenvalue weighted by Crippen LogP contribution is -2.33. The van der Waals surface area contributed by atoms with E-state index in [-0.39, 0.29) is 0 Å². The van der Waals surface area contributed by atoms with Gasteiger partial charge >= 0.3 is 11.9 Å². The standard InChI is InChI=1S/C31H42N6O8S2/c1-35(2)12-10-22-17-33-25-14-21(15-27(31(22)25)45-28(38)18-34-46(5,40)41)19-36(3)13-11-23-16-32-24-8-7-9-26(30(23)24)44-29(39)20-37(4)47(6,42)43/h7-9,14-17,32-34H,10-13,18-20H2,1-6H3. The van der Waals surface area contributed by atoms with Crippen LogP contribution in [0.5, 0.6) is 11.5 Å². The van der Waals surface area contributed by atoms with E-state index in [9.17, 15) is 26.4 Å². The zero-order valence-corrected chi connectivity index (χ0v) is 29.0. The summed E-state index contributed by atoms with van der Waals surface area (Å²) in [4.78, 5) is 35.8. The summed E-state index contributed by atoms with van der Waals surface area (Å²) >= 11 is 0. The van der Waals surface area contributed by atoms with Gasteiger partial charge in [0.1, 0.15) is 24.6 Å². The third-order valence-corrected chi connectivity index (χ3v) is 9.45. The van der Waals surface area contributed by atoms with E-state index in [1.54, 1.807) is 18.2 Å². The second kappa shape index (κ2) is 15.0. The van der Waals surface area contributed by atoms with Gasteiger partial charge in [-0.2, -0.15) is 4.31 Å². The van der Waals surface area contributed by atoms with Gasteiger partial charge in [0.15, 0.2) is 0 Å². The Morgan fingerprint density at radius 2 is 1.43 bits per heavy atom. The topological polar surface area (TPSA) is 174 Å². The summed E-state index contributed by atoms with van der Waals surface area (Å²) in [5, 5.41) is 1.51. The Bertz CT molecular complexity index is 1970. The van der Waals surface area contributed by atoms with Gasteiger partial charge in [0.2, 0.25) is 20.0 Å². The van der Waals surface area contributed by atoms with Crippen LogP contribution in [0, 0.1) is 0 Å². The molecule has 0 unspecified atom stereocenters. The first-order valence-electron chi connectivity index (χ1n) is 14.8. The number of nitrogens with one attached hydrogen (secondary N) is 3. The van der Waals surface area contributed by atoms with Crippen LogP contribution in [0.2, 0.25) is 0 Å². The minimum Gasteiger partial charge on any atom is -0.425 e. The SMILES string of the molecule is CN(C)CCc1c[nH]c2cc(CN(C)CCc3c[nH]c4cccc(OC(=O)CN(C)S(C)(=O)=O)c34)cc(OC(=O)CNS(C)(=O)=O)c12. The second-order valence-corrected chi connectivity index (χ2v) is 15.8. The summed E-state index contributed by atoms with van der Waals surface area (Å²) in [7, 11) is 0.116. The van der Waals surface area contributed by atoms with Crippen molar-refractivity contribution in [2.75, 3.05) is 66.9 Å². The van der Waals surface area contributed by atoms with Crippen molar-refractivity contribution in [3.8, 4) is 11.5 Å². The van der Waals surface area contributed by atoms with Gasteiger partial charge in [-0.25, -0.2) is 21.6 Å². The van der Waals surface area contributed by atoms with Crippen LogP contribution in [-0.2, 0) is 49.0 Å². The van der Waals surface area contributed by atoms with Crippen molar-refractivity contribution < 1.29 is 35.9 Å². The molecule has 0 fully saturated rings. The van der Waals surface area contributed by atoms with Crippen LogP contribution in [0.4, 0.5) is 0 Å². The van der Waals surface area contributed by atoms with E-state index >= 15 is 0 Å². The highest BCUT2D eigenvalue weighted by atomic mass is 32.2. The number of ether oxygens (including phenoxy) is 2. The molecule has 0 saturated carbocycles. The number of rotatable bonds is 16. The van der Waals surface area contributed by atoms with E-state index in [0.717, 1.165) is 61.9 Å². The van der Waals surface area contributed by atoms with E-state index in [1.807, 2.05) is 45.7 Å². The molecule has 2 aromatic heterocycles. The second-order valence-electron chi connectivity index (χ2n) is 11.9. The predicted octanol–water partition coefficient (Wildman–Crippen LogP) is 1.68. The van der Waals surface area contributed by atoms with Crippen LogP contribution in [0.25, 0.3) is 21.8 Å². The Hall–Kier alpha value is -3.80. The molecule has 4 aromatic rings. The molecule has 2 heterocycles. The smallest absolute Gasteiger partial charge is 0.326 e. The third-order valence-electron chi connectivity index (χ3n) is 7.52. The molecular formula is C31H42N6O8S2.